The van der Waals surface area contributed by atoms with Crippen LogP contribution in [0, 0.1) is 0 Å². The minimum absolute atomic E-state index is 0.931. The molecule has 0 fully saturated rings. The first-order valence-electron chi connectivity index (χ1n) is 6.85. The molecule has 2 aromatic rings. The molecule has 0 aliphatic carbocycles. The number of rotatable bonds is 6. The summed E-state index contributed by atoms with van der Waals surface area (Å²) in [7, 11) is 0. The Bertz CT molecular complexity index is 511. The van der Waals surface area contributed by atoms with Crippen LogP contribution in [-0.4, -0.2) is 21.5 Å². The van der Waals surface area contributed by atoms with Crippen molar-refractivity contribution in [3.8, 4) is 11.3 Å². The summed E-state index contributed by atoms with van der Waals surface area (Å²) in [5.74, 6) is 0.956. The number of anilines is 1. The Labute approximate surface area is 114 Å². The van der Waals surface area contributed by atoms with E-state index in [-0.39, 0.29) is 0 Å². The molecule has 0 saturated heterocycles. The van der Waals surface area contributed by atoms with Crippen molar-refractivity contribution < 1.29 is 0 Å². The van der Waals surface area contributed by atoms with Gasteiger partial charge in [0.1, 0.15) is 12.1 Å². The molecule has 0 bridgehead atoms. The summed E-state index contributed by atoms with van der Waals surface area (Å²) < 4.78 is 0. The molecule has 2 aromatic heterocycles. The summed E-state index contributed by atoms with van der Waals surface area (Å²) in [5, 5.41) is 3.39. The number of nitrogens with one attached hydrogen (secondary N) is 1. The number of pyridine rings is 1. The Balaban J connectivity index is 2.42. The van der Waals surface area contributed by atoms with Gasteiger partial charge in [-0.05, 0) is 25.0 Å². The highest BCUT2D eigenvalue weighted by Crippen LogP contribution is 2.26. The van der Waals surface area contributed by atoms with Gasteiger partial charge in [0.2, 0.25) is 0 Å². The highest BCUT2D eigenvalue weighted by Gasteiger charge is 2.12. The molecular formula is C15H20N4. The van der Waals surface area contributed by atoms with Crippen molar-refractivity contribution in [1.82, 2.24) is 15.0 Å². The van der Waals surface area contributed by atoms with Crippen LogP contribution in [0.1, 0.15) is 32.3 Å². The summed E-state index contributed by atoms with van der Waals surface area (Å²) in [6.45, 7) is 5.25. The third-order valence-corrected chi connectivity index (χ3v) is 2.92. The van der Waals surface area contributed by atoms with E-state index >= 15 is 0 Å². The molecule has 0 aliphatic rings. The Kier molecular flexibility index (Phi) is 4.84. The first-order chi connectivity index (χ1) is 9.36. The monoisotopic (exact) mass is 256 g/mol. The van der Waals surface area contributed by atoms with E-state index in [2.05, 4.69) is 34.1 Å². The van der Waals surface area contributed by atoms with Gasteiger partial charge in [-0.3, -0.25) is 4.98 Å². The zero-order valence-electron chi connectivity index (χ0n) is 11.6. The summed E-state index contributed by atoms with van der Waals surface area (Å²) in [6, 6.07) is 3.98. The molecule has 0 aromatic carbocycles. The SMILES string of the molecule is CCCNc1ncnc(-c2cccnc2)c1CCC. The summed E-state index contributed by atoms with van der Waals surface area (Å²) >= 11 is 0. The Morgan fingerprint density at radius 1 is 1.16 bits per heavy atom. The summed E-state index contributed by atoms with van der Waals surface area (Å²) in [4.78, 5) is 13.0. The van der Waals surface area contributed by atoms with Gasteiger partial charge in [-0.25, -0.2) is 9.97 Å². The maximum atomic E-state index is 4.45. The van der Waals surface area contributed by atoms with Crippen LogP contribution in [0.3, 0.4) is 0 Å². The predicted octanol–water partition coefficient (Wildman–Crippen LogP) is 3.31. The second-order valence-corrected chi connectivity index (χ2v) is 4.47. The summed E-state index contributed by atoms with van der Waals surface area (Å²) in [5.41, 5.74) is 3.22. The molecular weight excluding hydrogens is 236 g/mol. The van der Waals surface area contributed by atoms with E-state index in [1.165, 1.54) is 5.56 Å². The molecule has 2 heterocycles. The second-order valence-electron chi connectivity index (χ2n) is 4.47. The maximum Gasteiger partial charge on any atom is 0.133 e. The molecule has 0 amide bonds. The topological polar surface area (TPSA) is 50.7 Å². The molecule has 0 radical (unpaired) electrons. The standard InChI is InChI=1S/C15H20N4/c1-3-6-13-14(12-7-5-9-16-10-12)18-11-19-15(13)17-8-4-2/h5,7,9-11H,3-4,6,8H2,1-2H3,(H,17,18,19). The van der Waals surface area contributed by atoms with Crippen molar-refractivity contribution in [2.45, 2.75) is 33.1 Å². The van der Waals surface area contributed by atoms with Crippen molar-refractivity contribution in [2.75, 3.05) is 11.9 Å². The lowest BCUT2D eigenvalue weighted by Crippen LogP contribution is -2.07. The lowest BCUT2D eigenvalue weighted by atomic mass is 10.0. The predicted molar refractivity (Wildman–Crippen MR) is 78.0 cm³/mol. The number of aromatic nitrogens is 3. The molecule has 0 spiro atoms. The van der Waals surface area contributed by atoms with Gasteiger partial charge in [0.05, 0.1) is 5.69 Å². The van der Waals surface area contributed by atoms with Gasteiger partial charge < -0.3 is 5.32 Å². The quantitative estimate of drug-likeness (QED) is 0.861. The van der Waals surface area contributed by atoms with Gasteiger partial charge in [-0.15, -0.1) is 0 Å². The van der Waals surface area contributed by atoms with Crippen LogP contribution in [0.25, 0.3) is 11.3 Å². The van der Waals surface area contributed by atoms with Crippen LogP contribution in [0.15, 0.2) is 30.9 Å². The molecule has 100 valence electrons. The lowest BCUT2D eigenvalue weighted by molar-refractivity contribution is 0.892. The van der Waals surface area contributed by atoms with E-state index < -0.39 is 0 Å². The summed E-state index contributed by atoms with van der Waals surface area (Å²) in [6.07, 6.45) is 8.38. The average molecular weight is 256 g/mol. The highest BCUT2D eigenvalue weighted by molar-refractivity contribution is 5.67. The third kappa shape index (κ3) is 3.28. The molecule has 4 nitrogen and oxygen atoms in total. The molecule has 0 saturated carbocycles. The van der Waals surface area contributed by atoms with Gasteiger partial charge in [0, 0.05) is 30.1 Å². The fourth-order valence-electron chi connectivity index (χ4n) is 2.05. The first-order valence-corrected chi connectivity index (χ1v) is 6.85. The highest BCUT2D eigenvalue weighted by atomic mass is 15.0. The van der Waals surface area contributed by atoms with E-state index in [0.717, 1.165) is 42.9 Å². The van der Waals surface area contributed by atoms with E-state index in [1.54, 1.807) is 12.5 Å². The van der Waals surface area contributed by atoms with Crippen LogP contribution in [0.5, 0.6) is 0 Å². The first kappa shape index (κ1) is 13.5. The fraction of sp³-hybridized carbons (Fsp3) is 0.400. The molecule has 19 heavy (non-hydrogen) atoms. The van der Waals surface area contributed by atoms with Crippen LogP contribution in [0.4, 0.5) is 5.82 Å². The second kappa shape index (κ2) is 6.83. The smallest absolute Gasteiger partial charge is 0.133 e. The van der Waals surface area contributed by atoms with Crippen molar-refractivity contribution >= 4 is 5.82 Å². The van der Waals surface area contributed by atoms with Crippen LogP contribution < -0.4 is 5.32 Å². The van der Waals surface area contributed by atoms with E-state index in [1.807, 2.05) is 18.3 Å². The minimum Gasteiger partial charge on any atom is -0.370 e. The van der Waals surface area contributed by atoms with Gasteiger partial charge >= 0.3 is 0 Å². The van der Waals surface area contributed by atoms with Crippen molar-refractivity contribution in [1.29, 1.82) is 0 Å². The number of hydrogen-bond donors (Lipinski definition) is 1. The number of hydrogen-bond acceptors (Lipinski definition) is 4. The normalized spacial score (nSPS) is 10.4. The van der Waals surface area contributed by atoms with E-state index in [9.17, 15) is 0 Å². The number of nitrogens with zero attached hydrogens (tertiary/aromatic N) is 3. The molecule has 4 heteroatoms. The largest absolute Gasteiger partial charge is 0.370 e. The van der Waals surface area contributed by atoms with Gasteiger partial charge in [-0.1, -0.05) is 20.3 Å². The van der Waals surface area contributed by atoms with Gasteiger partial charge in [0.15, 0.2) is 0 Å². The third-order valence-electron chi connectivity index (χ3n) is 2.92. The van der Waals surface area contributed by atoms with Crippen molar-refractivity contribution in [2.24, 2.45) is 0 Å². The van der Waals surface area contributed by atoms with Crippen LogP contribution in [0.2, 0.25) is 0 Å². The zero-order valence-corrected chi connectivity index (χ0v) is 11.6. The maximum absolute atomic E-state index is 4.45. The van der Waals surface area contributed by atoms with Crippen molar-refractivity contribution in [3.05, 3.63) is 36.4 Å². The van der Waals surface area contributed by atoms with E-state index in [0.29, 0.717) is 0 Å². The van der Waals surface area contributed by atoms with Crippen LogP contribution in [-0.2, 0) is 6.42 Å². The average Bonchev–Trinajstić information content (AvgIpc) is 2.47. The molecule has 1 N–H and O–H groups in total. The Morgan fingerprint density at radius 3 is 2.74 bits per heavy atom. The van der Waals surface area contributed by atoms with Crippen molar-refractivity contribution in [3.63, 3.8) is 0 Å². The fourth-order valence-corrected chi connectivity index (χ4v) is 2.05. The Morgan fingerprint density at radius 2 is 2.05 bits per heavy atom. The Hall–Kier alpha value is -1.97. The minimum atomic E-state index is 0.931. The van der Waals surface area contributed by atoms with E-state index in [4.69, 9.17) is 0 Å². The van der Waals surface area contributed by atoms with Gasteiger partial charge in [-0.2, -0.15) is 0 Å². The van der Waals surface area contributed by atoms with Crippen LogP contribution >= 0.6 is 0 Å². The molecule has 2 rings (SSSR count). The lowest BCUT2D eigenvalue weighted by Gasteiger charge is -2.13. The molecule has 0 unspecified atom stereocenters. The molecule has 0 atom stereocenters. The molecule has 0 aliphatic heterocycles. The van der Waals surface area contributed by atoms with Gasteiger partial charge in [0.25, 0.3) is 0 Å². The zero-order chi connectivity index (χ0) is 13.5.